The highest BCUT2D eigenvalue weighted by Crippen LogP contribution is 2.17. The quantitative estimate of drug-likeness (QED) is 0.610. The van der Waals surface area contributed by atoms with Crippen molar-refractivity contribution in [3.63, 3.8) is 0 Å². The molecule has 2 amide bonds. The SMILES string of the molecule is CCN1CCC2CN(CCN2C)C1=O. The van der Waals surface area contributed by atoms with E-state index >= 15 is 0 Å². The summed E-state index contributed by atoms with van der Waals surface area (Å²) in [5.41, 5.74) is 0. The molecule has 1 unspecified atom stereocenters. The van der Waals surface area contributed by atoms with Gasteiger partial charge in [-0.3, -0.25) is 4.90 Å². The Morgan fingerprint density at radius 1 is 1.36 bits per heavy atom. The van der Waals surface area contributed by atoms with Crippen molar-refractivity contribution in [2.45, 2.75) is 19.4 Å². The van der Waals surface area contributed by atoms with Crippen molar-refractivity contribution in [2.24, 2.45) is 0 Å². The Balaban J connectivity index is 2.12. The smallest absolute Gasteiger partial charge is 0.320 e. The second-order valence-corrected chi connectivity index (χ2v) is 4.23. The molecule has 14 heavy (non-hydrogen) atoms. The summed E-state index contributed by atoms with van der Waals surface area (Å²) in [6.07, 6.45) is 1.12. The Hall–Kier alpha value is -0.770. The molecule has 0 aromatic heterocycles. The molecule has 2 aliphatic rings. The number of nitrogens with zero attached hydrogens (tertiary/aromatic N) is 3. The van der Waals surface area contributed by atoms with Gasteiger partial charge in [-0.25, -0.2) is 4.79 Å². The summed E-state index contributed by atoms with van der Waals surface area (Å²) in [4.78, 5) is 18.3. The van der Waals surface area contributed by atoms with E-state index < -0.39 is 0 Å². The van der Waals surface area contributed by atoms with Gasteiger partial charge in [0.15, 0.2) is 0 Å². The molecule has 0 saturated carbocycles. The first-order chi connectivity index (χ1) is 6.72. The molecule has 0 N–H and O–H groups in total. The van der Waals surface area contributed by atoms with E-state index in [1.54, 1.807) is 0 Å². The van der Waals surface area contributed by atoms with Crippen LogP contribution in [0.25, 0.3) is 0 Å². The van der Waals surface area contributed by atoms with Crippen LogP contribution in [0.5, 0.6) is 0 Å². The molecule has 0 spiro atoms. The van der Waals surface area contributed by atoms with Crippen molar-refractivity contribution < 1.29 is 4.79 Å². The van der Waals surface area contributed by atoms with Crippen LogP contribution in [-0.2, 0) is 0 Å². The fourth-order valence-corrected chi connectivity index (χ4v) is 2.33. The van der Waals surface area contributed by atoms with Crippen LogP contribution >= 0.6 is 0 Å². The Morgan fingerprint density at radius 3 is 2.86 bits per heavy atom. The molecule has 0 radical (unpaired) electrons. The van der Waals surface area contributed by atoms with E-state index in [0.717, 1.165) is 39.1 Å². The van der Waals surface area contributed by atoms with Crippen molar-refractivity contribution in [1.82, 2.24) is 14.7 Å². The van der Waals surface area contributed by atoms with Gasteiger partial charge in [0.25, 0.3) is 0 Å². The molecule has 2 bridgehead atoms. The average Bonchev–Trinajstić information content (AvgIpc) is 2.32. The van der Waals surface area contributed by atoms with E-state index in [0.29, 0.717) is 6.04 Å². The van der Waals surface area contributed by atoms with Crippen LogP contribution in [0.3, 0.4) is 0 Å². The number of carbonyl (C=O) groups is 1. The number of urea groups is 1. The van der Waals surface area contributed by atoms with Crippen molar-refractivity contribution in [3.05, 3.63) is 0 Å². The van der Waals surface area contributed by atoms with Gasteiger partial charge in [0, 0.05) is 38.8 Å². The maximum Gasteiger partial charge on any atom is 0.320 e. The number of hydrogen-bond acceptors (Lipinski definition) is 2. The maximum absolute atomic E-state index is 11.9. The van der Waals surface area contributed by atoms with E-state index in [1.807, 2.05) is 9.80 Å². The van der Waals surface area contributed by atoms with Crippen LogP contribution in [0, 0.1) is 0 Å². The molecule has 1 atom stereocenters. The molecule has 80 valence electrons. The van der Waals surface area contributed by atoms with E-state index in [4.69, 9.17) is 0 Å². The van der Waals surface area contributed by atoms with Crippen LogP contribution in [0.4, 0.5) is 4.79 Å². The summed E-state index contributed by atoms with van der Waals surface area (Å²) in [7, 11) is 2.16. The van der Waals surface area contributed by atoms with Crippen LogP contribution in [0.1, 0.15) is 13.3 Å². The van der Waals surface area contributed by atoms with Gasteiger partial charge in [0.05, 0.1) is 0 Å². The number of carbonyl (C=O) groups excluding carboxylic acids is 1. The first-order valence-electron chi connectivity index (χ1n) is 5.46. The largest absolute Gasteiger partial charge is 0.325 e. The minimum Gasteiger partial charge on any atom is -0.325 e. The van der Waals surface area contributed by atoms with Crippen molar-refractivity contribution in [3.8, 4) is 0 Å². The van der Waals surface area contributed by atoms with Gasteiger partial charge < -0.3 is 9.80 Å². The molecule has 2 saturated heterocycles. The second kappa shape index (κ2) is 3.77. The number of fused-ring (bicyclic) bond motifs is 2. The molecule has 2 fully saturated rings. The lowest BCUT2D eigenvalue weighted by atomic mass is 10.1. The molecule has 0 aromatic carbocycles. The van der Waals surface area contributed by atoms with Crippen LogP contribution in [0.15, 0.2) is 0 Å². The summed E-state index contributed by atoms with van der Waals surface area (Å²) >= 11 is 0. The van der Waals surface area contributed by atoms with Crippen LogP contribution in [-0.4, -0.2) is 66.5 Å². The van der Waals surface area contributed by atoms with Crippen molar-refractivity contribution >= 4 is 6.03 Å². The summed E-state index contributed by atoms with van der Waals surface area (Å²) in [5, 5.41) is 0. The fourth-order valence-electron chi connectivity index (χ4n) is 2.33. The average molecular weight is 197 g/mol. The molecule has 0 aliphatic carbocycles. The third-order valence-electron chi connectivity index (χ3n) is 3.43. The van der Waals surface area contributed by atoms with Gasteiger partial charge >= 0.3 is 6.03 Å². The Bertz CT molecular complexity index is 231. The van der Waals surface area contributed by atoms with Crippen LogP contribution in [0.2, 0.25) is 0 Å². The molecule has 2 aliphatic heterocycles. The number of amides is 2. The lowest BCUT2D eigenvalue weighted by Crippen LogP contribution is -2.52. The lowest BCUT2D eigenvalue weighted by molar-refractivity contribution is 0.113. The topological polar surface area (TPSA) is 26.8 Å². The number of piperazine rings is 1. The maximum atomic E-state index is 11.9. The zero-order chi connectivity index (χ0) is 10.1. The van der Waals surface area contributed by atoms with Crippen molar-refractivity contribution in [2.75, 3.05) is 39.8 Å². The zero-order valence-electron chi connectivity index (χ0n) is 9.07. The summed E-state index contributed by atoms with van der Waals surface area (Å²) in [6, 6.07) is 0.812. The highest BCUT2D eigenvalue weighted by Gasteiger charge is 2.32. The molecular weight excluding hydrogens is 178 g/mol. The lowest BCUT2D eigenvalue weighted by Gasteiger charge is -2.37. The molecule has 4 nitrogen and oxygen atoms in total. The van der Waals surface area contributed by atoms with Crippen LogP contribution < -0.4 is 0 Å². The molecule has 4 heteroatoms. The van der Waals surface area contributed by atoms with Gasteiger partial charge in [0.2, 0.25) is 0 Å². The monoisotopic (exact) mass is 197 g/mol. The van der Waals surface area contributed by atoms with Gasteiger partial charge in [-0.05, 0) is 20.4 Å². The van der Waals surface area contributed by atoms with E-state index in [1.165, 1.54) is 0 Å². The van der Waals surface area contributed by atoms with E-state index in [2.05, 4.69) is 18.9 Å². The van der Waals surface area contributed by atoms with Crippen molar-refractivity contribution in [1.29, 1.82) is 0 Å². The normalized spacial score (nSPS) is 29.3. The third-order valence-corrected chi connectivity index (χ3v) is 3.43. The Labute approximate surface area is 85.5 Å². The highest BCUT2D eigenvalue weighted by molar-refractivity contribution is 5.75. The van der Waals surface area contributed by atoms with Gasteiger partial charge in [0.1, 0.15) is 0 Å². The zero-order valence-corrected chi connectivity index (χ0v) is 9.07. The molecule has 2 rings (SSSR count). The summed E-state index contributed by atoms with van der Waals surface area (Å²) in [5.74, 6) is 0. The number of likely N-dealkylation sites (N-methyl/N-ethyl adjacent to an activating group) is 1. The predicted molar refractivity (Wildman–Crippen MR) is 55.3 cm³/mol. The second-order valence-electron chi connectivity index (χ2n) is 4.23. The van der Waals surface area contributed by atoms with E-state index in [-0.39, 0.29) is 6.03 Å². The first-order valence-corrected chi connectivity index (χ1v) is 5.46. The van der Waals surface area contributed by atoms with Gasteiger partial charge in [-0.15, -0.1) is 0 Å². The van der Waals surface area contributed by atoms with Gasteiger partial charge in [-0.1, -0.05) is 0 Å². The standard InChI is InChI=1S/C10H19N3O/c1-3-12-5-4-9-8-13(10(12)14)7-6-11(9)2/h9H,3-8H2,1-2H3. The van der Waals surface area contributed by atoms with E-state index in [9.17, 15) is 4.79 Å². The summed E-state index contributed by atoms with van der Waals surface area (Å²) < 4.78 is 0. The predicted octanol–water partition coefficient (Wildman–Crippen LogP) is 0.448. The molecular formula is C10H19N3O. The minimum atomic E-state index is 0.239. The fraction of sp³-hybridized carbons (Fsp3) is 0.900. The Morgan fingerprint density at radius 2 is 2.14 bits per heavy atom. The minimum absolute atomic E-state index is 0.239. The molecule has 2 heterocycles. The number of hydrogen-bond donors (Lipinski definition) is 0. The van der Waals surface area contributed by atoms with Gasteiger partial charge in [-0.2, -0.15) is 0 Å². The first kappa shape index (κ1) is 9.77. The number of rotatable bonds is 1. The molecule has 0 aromatic rings. The summed E-state index contributed by atoms with van der Waals surface area (Å²) in [6.45, 7) is 6.65. The highest BCUT2D eigenvalue weighted by atomic mass is 16.2. The third kappa shape index (κ3) is 1.59. The Kier molecular flexibility index (Phi) is 2.63.